The summed E-state index contributed by atoms with van der Waals surface area (Å²) >= 11 is 0. The molecule has 0 fully saturated rings. The van der Waals surface area contributed by atoms with E-state index in [-0.39, 0.29) is 29.6 Å². The third-order valence-electron chi connectivity index (χ3n) is 2.22. The van der Waals surface area contributed by atoms with E-state index in [4.69, 9.17) is 0 Å². The molecule has 62 valence electrons. The summed E-state index contributed by atoms with van der Waals surface area (Å²) in [6.07, 6.45) is 2.44. The van der Waals surface area contributed by atoms with Gasteiger partial charge in [0.1, 0.15) is 0 Å². The largest absolute Gasteiger partial charge is 1.00 e. The summed E-state index contributed by atoms with van der Waals surface area (Å²) in [6, 6.07) is 13.1. The number of rotatable bonds is 2. The first-order chi connectivity index (χ1) is 5.90. The van der Waals surface area contributed by atoms with Gasteiger partial charge in [-0.1, -0.05) is 19.4 Å². The summed E-state index contributed by atoms with van der Waals surface area (Å²) in [5, 5.41) is 2.75. The Labute approximate surface area is 102 Å². The summed E-state index contributed by atoms with van der Waals surface area (Å²) in [5.41, 5.74) is 1.47. The molecule has 0 radical (unpaired) electrons. The van der Waals surface area contributed by atoms with Gasteiger partial charge in [0.05, 0.1) is 0 Å². The van der Waals surface area contributed by atoms with Gasteiger partial charge in [0.15, 0.2) is 0 Å². The van der Waals surface area contributed by atoms with Crippen LogP contribution in [0.3, 0.4) is 0 Å². The first kappa shape index (κ1) is 10.9. The molecule has 0 aliphatic carbocycles. The van der Waals surface area contributed by atoms with Crippen molar-refractivity contribution in [2.24, 2.45) is 0 Å². The molecule has 0 saturated carbocycles. The van der Waals surface area contributed by atoms with E-state index in [9.17, 15) is 0 Å². The van der Waals surface area contributed by atoms with Crippen molar-refractivity contribution in [2.75, 3.05) is 0 Å². The van der Waals surface area contributed by atoms with Gasteiger partial charge in [0, 0.05) is 0 Å². The van der Waals surface area contributed by atoms with E-state index in [1.54, 1.807) is 0 Å². The zero-order valence-corrected chi connectivity index (χ0v) is 10.4. The molecule has 0 aromatic heterocycles. The topological polar surface area (TPSA) is 0 Å². The van der Waals surface area contributed by atoms with Crippen molar-refractivity contribution in [3.05, 3.63) is 42.0 Å². The molecule has 0 aliphatic heterocycles. The van der Waals surface area contributed by atoms with Crippen molar-refractivity contribution in [3.8, 4) is 0 Å². The van der Waals surface area contributed by atoms with Crippen molar-refractivity contribution < 1.29 is 29.6 Å². The van der Waals surface area contributed by atoms with Crippen molar-refractivity contribution in [2.45, 2.75) is 19.8 Å². The molecule has 0 atom stereocenters. The van der Waals surface area contributed by atoms with E-state index >= 15 is 0 Å². The Morgan fingerprint density at radius 1 is 1.23 bits per heavy atom. The third kappa shape index (κ3) is 2.40. The SMILES string of the molecule is CCCc1cc2ccccc2[cH-]1.[Na+]. The van der Waals surface area contributed by atoms with E-state index in [0.717, 1.165) is 0 Å². The van der Waals surface area contributed by atoms with Crippen molar-refractivity contribution in [1.29, 1.82) is 0 Å². The Morgan fingerprint density at radius 2 is 2.00 bits per heavy atom. The fourth-order valence-corrected chi connectivity index (χ4v) is 1.65. The fourth-order valence-electron chi connectivity index (χ4n) is 1.65. The minimum atomic E-state index is 0. The Kier molecular flexibility index (Phi) is 4.11. The van der Waals surface area contributed by atoms with Crippen molar-refractivity contribution in [1.82, 2.24) is 0 Å². The van der Waals surface area contributed by atoms with Crippen LogP contribution in [-0.2, 0) is 6.42 Å². The normalized spacial score (nSPS) is 9.92. The van der Waals surface area contributed by atoms with Crippen LogP contribution in [0, 0.1) is 0 Å². The zero-order valence-electron chi connectivity index (χ0n) is 8.38. The van der Waals surface area contributed by atoms with Gasteiger partial charge in [-0.3, -0.25) is 0 Å². The quantitative estimate of drug-likeness (QED) is 0.467. The summed E-state index contributed by atoms with van der Waals surface area (Å²) in [7, 11) is 0. The standard InChI is InChI=1S/C12H13.Na/c1-2-5-10-8-11-6-3-4-7-12(11)9-10;/h3-4,6-9H,2,5H2,1H3;/q-1;+1. The summed E-state index contributed by atoms with van der Waals surface area (Å²) < 4.78 is 0. The van der Waals surface area contributed by atoms with Gasteiger partial charge in [-0.05, 0) is 6.42 Å². The first-order valence-corrected chi connectivity index (χ1v) is 4.54. The summed E-state index contributed by atoms with van der Waals surface area (Å²) in [6.45, 7) is 2.22. The fraction of sp³-hybridized carbons (Fsp3) is 0.250. The molecule has 0 spiro atoms. The van der Waals surface area contributed by atoms with Gasteiger partial charge in [0.25, 0.3) is 0 Å². The third-order valence-corrected chi connectivity index (χ3v) is 2.22. The molecule has 0 amide bonds. The molecule has 0 saturated heterocycles. The van der Waals surface area contributed by atoms with Crippen molar-refractivity contribution >= 4 is 10.8 Å². The van der Waals surface area contributed by atoms with E-state index in [2.05, 4.69) is 43.3 Å². The zero-order chi connectivity index (χ0) is 8.39. The molecule has 0 aliphatic rings. The van der Waals surface area contributed by atoms with Crippen LogP contribution in [0.5, 0.6) is 0 Å². The van der Waals surface area contributed by atoms with Gasteiger partial charge >= 0.3 is 29.6 Å². The van der Waals surface area contributed by atoms with Gasteiger partial charge in [-0.2, -0.15) is 6.07 Å². The monoisotopic (exact) mass is 180 g/mol. The van der Waals surface area contributed by atoms with Gasteiger partial charge in [-0.15, -0.1) is 40.6 Å². The van der Waals surface area contributed by atoms with E-state index < -0.39 is 0 Å². The van der Waals surface area contributed by atoms with Crippen LogP contribution >= 0.6 is 0 Å². The number of hydrogen-bond acceptors (Lipinski definition) is 0. The van der Waals surface area contributed by atoms with E-state index in [1.807, 2.05) is 0 Å². The molecule has 1 heteroatoms. The summed E-state index contributed by atoms with van der Waals surface area (Å²) in [4.78, 5) is 0. The Hall–Kier alpha value is -0.170. The first-order valence-electron chi connectivity index (χ1n) is 4.54. The van der Waals surface area contributed by atoms with Crippen LogP contribution in [0.4, 0.5) is 0 Å². The molecule has 2 rings (SSSR count). The molecule has 0 unspecified atom stereocenters. The van der Waals surface area contributed by atoms with Crippen LogP contribution in [0.1, 0.15) is 18.9 Å². The second-order valence-electron chi connectivity index (χ2n) is 3.24. The number of aryl methyl sites for hydroxylation is 1. The van der Waals surface area contributed by atoms with Crippen molar-refractivity contribution in [3.63, 3.8) is 0 Å². The molecular formula is C12H13Na. The van der Waals surface area contributed by atoms with Gasteiger partial charge < -0.3 is 0 Å². The van der Waals surface area contributed by atoms with Crippen LogP contribution in [0.25, 0.3) is 10.8 Å². The maximum absolute atomic E-state index is 2.29. The van der Waals surface area contributed by atoms with Crippen LogP contribution in [0.2, 0.25) is 0 Å². The smallest absolute Gasteiger partial charge is 0.165 e. The maximum atomic E-state index is 2.29. The average molecular weight is 180 g/mol. The van der Waals surface area contributed by atoms with Gasteiger partial charge in [0.2, 0.25) is 0 Å². The predicted molar refractivity (Wildman–Crippen MR) is 53.5 cm³/mol. The maximum Gasteiger partial charge on any atom is 1.00 e. The van der Waals surface area contributed by atoms with E-state index in [1.165, 1.54) is 29.2 Å². The Bertz CT molecular complexity index is 340. The average Bonchev–Trinajstić information content (AvgIpc) is 2.47. The number of hydrogen-bond donors (Lipinski definition) is 0. The molecule has 2 aromatic rings. The minimum Gasteiger partial charge on any atom is -0.165 e. The molecule has 13 heavy (non-hydrogen) atoms. The molecule has 2 aromatic carbocycles. The number of fused-ring (bicyclic) bond motifs is 1. The second-order valence-corrected chi connectivity index (χ2v) is 3.24. The van der Waals surface area contributed by atoms with Crippen LogP contribution in [0.15, 0.2) is 36.4 Å². The summed E-state index contributed by atoms with van der Waals surface area (Å²) in [5.74, 6) is 0. The Balaban J connectivity index is 0.000000845. The molecule has 0 nitrogen and oxygen atoms in total. The second kappa shape index (κ2) is 4.90. The Morgan fingerprint density at radius 3 is 2.69 bits per heavy atom. The van der Waals surface area contributed by atoms with Gasteiger partial charge in [-0.25, -0.2) is 0 Å². The molecule has 0 bridgehead atoms. The molecule has 0 heterocycles. The van der Waals surface area contributed by atoms with Crippen LogP contribution in [-0.4, -0.2) is 0 Å². The minimum absolute atomic E-state index is 0. The molecular weight excluding hydrogens is 167 g/mol. The predicted octanol–water partition coefficient (Wildman–Crippen LogP) is 0.515. The van der Waals surface area contributed by atoms with Crippen LogP contribution < -0.4 is 29.6 Å². The van der Waals surface area contributed by atoms with E-state index in [0.29, 0.717) is 0 Å². The number of benzene rings is 1. The molecule has 0 N–H and O–H groups in total.